The topological polar surface area (TPSA) is 61.8 Å². The van der Waals surface area contributed by atoms with Crippen molar-refractivity contribution < 1.29 is 14.6 Å². The van der Waals surface area contributed by atoms with Crippen LogP contribution in [0, 0.1) is 0 Å². The number of hydrogen-bond acceptors (Lipinski definition) is 4. The summed E-state index contributed by atoms with van der Waals surface area (Å²) in [6, 6.07) is 14.6. The van der Waals surface area contributed by atoms with Crippen molar-refractivity contribution in [3.63, 3.8) is 0 Å². The number of anilines is 1. The molecule has 5 nitrogen and oxygen atoms in total. The van der Waals surface area contributed by atoms with Crippen LogP contribution >= 0.6 is 0 Å². The SMILES string of the molecule is CC(C)N(CCCO)CCc1ccc2c(c1)COC2=C1C(=O)Nc2ccccc21. The lowest BCUT2D eigenvalue weighted by Gasteiger charge is -2.26. The van der Waals surface area contributed by atoms with E-state index in [-0.39, 0.29) is 12.5 Å². The molecule has 4 rings (SSSR count). The molecule has 0 unspecified atom stereocenters. The maximum absolute atomic E-state index is 12.6. The fourth-order valence-electron chi connectivity index (χ4n) is 4.10. The molecule has 2 heterocycles. The molecule has 0 radical (unpaired) electrons. The molecular weight excluding hydrogens is 364 g/mol. The highest BCUT2D eigenvalue weighted by Crippen LogP contribution is 2.41. The summed E-state index contributed by atoms with van der Waals surface area (Å²) in [4.78, 5) is 14.9. The highest BCUT2D eigenvalue weighted by molar-refractivity contribution is 6.36. The van der Waals surface area contributed by atoms with Gasteiger partial charge in [0.25, 0.3) is 5.91 Å². The van der Waals surface area contributed by atoms with Gasteiger partial charge in [-0.25, -0.2) is 0 Å². The molecule has 2 N–H and O–H groups in total. The molecule has 0 fully saturated rings. The van der Waals surface area contributed by atoms with Gasteiger partial charge in [0.2, 0.25) is 0 Å². The van der Waals surface area contributed by atoms with Crippen LogP contribution in [0.15, 0.2) is 42.5 Å². The lowest BCUT2D eigenvalue weighted by molar-refractivity contribution is -0.110. The number of nitrogens with one attached hydrogen (secondary N) is 1. The van der Waals surface area contributed by atoms with Crippen LogP contribution in [0.5, 0.6) is 0 Å². The Hall–Kier alpha value is -2.63. The first-order valence-corrected chi connectivity index (χ1v) is 10.3. The summed E-state index contributed by atoms with van der Waals surface area (Å²) >= 11 is 0. The molecule has 2 aliphatic heterocycles. The number of hydrogen-bond donors (Lipinski definition) is 2. The Kier molecular flexibility index (Phi) is 5.69. The third kappa shape index (κ3) is 3.93. The molecule has 0 aliphatic carbocycles. The second kappa shape index (κ2) is 8.39. The van der Waals surface area contributed by atoms with Gasteiger partial charge < -0.3 is 20.1 Å². The van der Waals surface area contributed by atoms with E-state index < -0.39 is 0 Å². The number of carbonyl (C=O) groups excluding carboxylic acids is 1. The predicted molar refractivity (Wildman–Crippen MR) is 115 cm³/mol. The number of carbonyl (C=O) groups is 1. The highest BCUT2D eigenvalue weighted by Gasteiger charge is 2.32. The largest absolute Gasteiger partial charge is 0.487 e. The Bertz CT molecular complexity index is 949. The number of para-hydroxylation sites is 1. The van der Waals surface area contributed by atoms with Crippen LogP contribution in [0.1, 0.15) is 42.5 Å². The first-order chi connectivity index (χ1) is 14.1. The predicted octanol–water partition coefficient (Wildman–Crippen LogP) is 3.67. The number of benzene rings is 2. The highest BCUT2D eigenvalue weighted by atomic mass is 16.5. The second-order valence-corrected chi connectivity index (χ2v) is 7.94. The third-order valence-corrected chi connectivity index (χ3v) is 5.71. The molecule has 2 aromatic rings. The molecule has 2 aliphatic rings. The molecule has 0 saturated heterocycles. The molecular formula is C24H28N2O3. The van der Waals surface area contributed by atoms with Gasteiger partial charge in [-0.2, -0.15) is 0 Å². The Morgan fingerprint density at radius 3 is 2.76 bits per heavy atom. The van der Waals surface area contributed by atoms with Crippen LogP contribution in [0.3, 0.4) is 0 Å². The summed E-state index contributed by atoms with van der Waals surface area (Å²) in [5, 5.41) is 12.0. The summed E-state index contributed by atoms with van der Waals surface area (Å²) in [5.41, 5.74) is 5.78. The zero-order chi connectivity index (χ0) is 20.4. The molecule has 2 aromatic carbocycles. The summed E-state index contributed by atoms with van der Waals surface area (Å²) in [7, 11) is 0. The Morgan fingerprint density at radius 2 is 1.97 bits per heavy atom. The van der Waals surface area contributed by atoms with E-state index in [9.17, 15) is 4.79 Å². The van der Waals surface area contributed by atoms with Gasteiger partial charge in [0.1, 0.15) is 12.4 Å². The zero-order valence-corrected chi connectivity index (χ0v) is 17.1. The van der Waals surface area contributed by atoms with Crippen molar-refractivity contribution in [2.75, 3.05) is 25.0 Å². The smallest absolute Gasteiger partial charge is 0.260 e. The van der Waals surface area contributed by atoms with Crippen LogP contribution in [0.4, 0.5) is 5.69 Å². The van der Waals surface area contributed by atoms with Crippen molar-refractivity contribution in [2.24, 2.45) is 0 Å². The molecule has 0 atom stereocenters. The Balaban J connectivity index is 1.55. The first-order valence-electron chi connectivity index (χ1n) is 10.3. The van der Waals surface area contributed by atoms with Gasteiger partial charge in [-0.3, -0.25) is 4.79 Å². The van der Waals surface area contributed by atoms with Crippen LogP contribution in [-0.4, -0.2) is 41.7 Å². The van der Waals surface area contributed by atoms with Gasteiger partial charge in [-0.1, -0.05) is 36.4 Å². The van der Waals surface area contributed by atoms with Crippen LogP contribution < -0.4 is 5.32 Å². The lowest BCUT2D eigenvalue weighted by Crippen LogP contribution is -2.34. The molecule has 29 heavy (non-hydrogen) atoms. The van der Waals surface area contributed by atoms with Crippen molar-refractivity contribution in [3.8, 4) is 0 Å². The van der Waals surface area contributed by atoms with Gasteiger partial charge in [0, 0.05) is 48.1 Å². The van der Waals surface area contributed by atoms with E-state index in [2.05, 4.69) is 42.3 Å². The number of rotatable bonds is 7. The van der Waals surface area contributed by atoms with Crippen molar-refractivity contribution in [3.05, 3.63) is 64.7 Å². The molecule has 0 spiro atoms. The van der Waals surface area contributed by atoms with Crippen molar-refractivity contribution in [1.29, 1.82) is 0 Å². The van der Waals surface area contributed by atoms with E-state index in [0.29, 0.717) is 24.0 Å². The normalized spacial score (nSPS) is 17.5. The number of aliphatic hydroxyl groups excluding tert-OH is 1. The van der Waals surface area contributed by atoms with Gasteiger partial charge in [0.15, 0.2) is 0 Å². The van der Waals surface area contributed by atoms with Crippen molar-refractivity contribution in [1.82, 2.24) is 4.90 Å². The van der Waals surface area contributed by atoms with Gasteiger partial charge >= 0.3 is 0 Å². The average Bonchev–Trinajstić information content (AvgIpc) is 3.26. The maximum Gasteiger partial charge on any atom is 0.260 e. The minimum Gasteiger partial charge on any atom is -0.487 e. The molecule has 0 saturated carbocycles. The molecule has 0 aromatic heterocycles. The summed E-state index contributed by atoms with van der Waals surface area (Å²) in [6.07, 6.45) is 1.75. The van der Waals surface area contributed by atoms with Gasteiger partial charge in [-0.05, 0) is 38.3 Å². The number of aliphatic hydroxyl groups is 1. The summed E-state index contributed by atoms with van der Waals surface area (Å²) in [5.74, 6) is 0.579. The fraction of sp³-hybridized carbons (Fsp3) is 0.375. The quantitative estimate of drug-likeness (QED) is 0.706. The standard InChI is InChI=1S/C24H28N2O3/c1-16(2)26(11-5-13-27)12-10-17-8-9-19-18(14-17)15-29-23(19)22-20-6-3-4-7-21(20)25-24(22)28/h3-4,6-9,14,16,27H,5,10-13,15H2,1-2H3,(H,25,28). The Morgan fingerprint density at radius 1 is 1.14 bits per heavy atom. The lowest BCUT2D eigenvalue weighted by atomic mass is 9.98. The molecule has 5 heteroatoms. The first kappa shape index (κ1) is 19.7. The van der Waals surface area contributed by atoms with E-state index in [1.165, 1.54) is 5.56 Å². The van der Waals surface area contributed by atoms with E-state index in [4.69, 9.17) is 9.84 Å². The van der Waals surface area contributed by atoms with Crippen LogP contribution in [-0.2, 0) is 22.6 Å². The zero-order valence-electron chi connectivity index (χ0n) is 17.1. The minimum atomic E-state index is -0.102. The number of amides is 1. The van der Waals surface area contributed by atoms with Crippen LogP contribution in [0.2, 0.25) is 0 Å². The molecule has 0 bridgehead atoms. The van der Waals surface area contributed by atoms with Gasteiger partial charge in [0.05, 0.1) is 5.57 Å². The van der Waals surface area contributed by atoms with Gasteiger partial charge in [-0.15, -0.1) is 0 Å². The second-order valence-electron chi connectivity index (χ2n) is 7.94. The molecule has 1 amide bonds. The number of ether oxygens (including phenoxy) is 1. The van der Waals surface area contributed by atoms with E-state index in [1.54, 1.807) is 0 Å². The van der Waals surface area contributed by atoms with Crippen molar-refractivity contribution >= 4 is 22.9 Å². The van der Waals surface area contributed by atoms with Crippen molar-refractivity contribution in [2.45, 2.75) is 39.3 Å². The monoisotopic (exact) mass is 392 g/mol. The van der Waals surface area contributed by atoms with Crippen LogP contribution in [0.25, 0.3) is 11.3 Å². The summed E-state index contributed by atoms with van der Waals surface area (Å²) in [6.45, 7) is 6.98. The van der Waals surface area contributed by atoms with E-state index >= 15 is 0 Å². The van der Waals surface area contributed by atoms with E-state index in [1.807, 2.05) is 24.3 Å². The molecule has 152 valence electrons. The summed E-state index contributed by atoms with van der Waals surface area (Å²) < 4.78 is 5.99. The number of fused-ring (bicyclic) bond motifs is 2. The minimum absolute atomic E-state index is 0.102. The fourth-order valence-corrected chi connectivity index (χ4v) is 4.10. The average molecular weight is 392 g/mol. The Labute approximate surface area is 172 Å². The number of nitrogens with zero attached hydrogens (tertiary/aromatic N) is 1. The third-order valence-electron chi connectivity index (χ3n) is 5.71. The maximum atomic E-state index is 12.6. The van der Waals surface area contributed by atoms with E-state index in [0.717, 1.165) is 48.3 Å².